The molecule has 0 radical (unpaired) electrons. The van der Waals surface area contributed by atoms with Crippen molar-refractivity contribution in [1.29, 1.82) is 0 Å². The number of carbonyl (C=O) groups is 1. The summed E-state index contributed by atoms with van der Waals surface area (Å²) in [6, 6.07) is -1.25. The second kappa shape index (κ2) is 30.2. The first kappa shape index (κ1) is 42.5. The first-order valence-electron chi connectivity index (χ1n) is 17.8. The van der Waals surface area contributed by atoms with Gasteiger partial charge in [-0.05, 0) is 38.5 Å². The Labute approximate surface area is 270 Å². The summed E-state index contributed by atoms with van der Waals surface area (Å²) < 4.78 is 32.3. The Morgan fingerprint density at radius 1 is 0.614 bits per heavy atom. The Bertz CT molecular complexity index is 855. The van der Waals surface area contributed by atoms with E-state index in [4.69, 9.17) is 0 Å². The van der Waals surface area contributed by atoms with Crippen LogP contribution in [0.4, 0.5) is 0 Å². The zero-order chi connectivity index (χ0) is 32.7. The number of nitrogens with one attached hydrogen (secondary N) is 1. The highest BCUT2D eigenvalue weighted by Crippen LogP contribution is 2.14. The molecule has 7 nitrogen and oxygen atoms in total. The van der Waals surface area contributed by atoms with Gasteiger partial charge in [-0.15, -0.1) is 0 Å². The zero-order valence-corrected chi connectivity index (χ0v) is 29.0. The van der Waals surface area contributed by atoms with Crippen molar-refractivity contribution < 1.29 is 28.0 Å². The fourth-order valence-corrected chi connectivity index (χ4v) is 5.85. The van der Waals surface area contributed by atoms with Crippen molar-refractivity contribution >= 4 is 16.0 Å². The van der Waals surface area contributed by atoms with Gasteiger partial charge in [-0.25, -0.2) is 0 Å². The minimum Gasteiger partial charge on any atom is -0.387 e. The highest BCUT2D eigenvalue weighted by Gasteiger charge is 2.27. The molecule has 0 aromatic rings. The molecule has 3 unspecified atom stereocenters. The quantitative estimate of drug-likeness (QED) is 0.0341. The molecule has 0 rings (SSSR count). The van der Waals surface area contributed by atoms with Crippen LogP contribution in [0.3, 0.4) is 0 Å². The van der Waals surface area contributed by atoms with Crippen LogP contribution in [-0.2, 0) is 14.9 Å². The van der Waals surface area contributed by atoms with Gasteiger partial charge in [0.05, 0.1) is 17.9 Å². The van der Waals surface area contributed by atoms with Crippen LogP contribution >= 0.6 is 0 Å². The van der Waals surface area contributed by atoms with Crippen molar-refractivity contribution in [2.45, 2.75) is 180 Å². The monoisotopic (exact) mass is 641 g/mol. The molecular formula is C36H67NO6S. The number of rotatable bonds is 31. The third-order valence-corrected chi connectivity index (χ3v) is 8.69. The molecule has 3 atom stereocenters. The summed E-state index contributed by atoms with van der Waals surface area (Å²) in [6.45, 7) is 4.43. The van der Waals surface area contributed by atoms with Gasteiger partial charge in [0.1, 0.15) is 6.10 Å². The third kappa shape index (κ3) is 29.2. The molecule has 8 heteroatoms. The summed E-state index contributed by atoms with van der Waals surface area (Å²) >= 11 is 0. The van der Waals surface area contributed by atoms with E-state index in [1.807, 2.05) is 0 Å². The highest BCUT2D eigenvalue weighted by molar-refractivity contribution is 7.85. The van der Waals surface area contributed by atoms with Gasteiger partial charge >= 0.3 is 0 Å². The number of aliphatic hydroxyl groups excluding tert-OH is 2. The van der Waals surface area contributed by atoms with Crippen LogP contribution < -0.4 is 5.32 Å². The number of amides is 1. The first-order chi connectivity index (χ1) is 21.2. The molecule has 44 heavy (non-hydrogen) atoms. The Balaban J connectivity index is 4.17. The van der Waals surface area contributed by atoms with Gasteiger partial charge in [0.25, 0.3) is 10.1 Å². The summed E-state index contributed by atoms with van der Waals surface area (Å²) in [5.74, 6) is -1.56. The van der Waals surface area contributed by atoms with Crippen molar-refractivity contribution in [3.8, 4) is 0 Å². The molecule has 0 saturated carbocycles. The topological polar surface area (TPSA) is 124 Å². The number of hydrogen-bond donors (Lipinski definition) is 4. The van der Waals surface area contributed by atoms with Gasteiger partial charge in [-0.1, -0.05) is 159 Å². The maximum absolute atomic E-state index is 12.5. The molecular weight excluding hydrogens is 574 g/mol. The third-order valence-electron chi connectivity index (χ3n) is 7.90. The molecule has 258 valence electrons. The van der Waals surface area contributed by atoms with Gasteiger partial charge in [-0.2, -0.15) is 8.42 Å². The number of hydrogen-bond acceptors (Lipinski definition) is 5. The van der Waals surface area contributed by atoms with Crippen molar-refractivity contribution in [2.24, 2.45) is 0 Å². The van der Waals surface area contributed by atoms with Crippen LogP contribution in [0.1, 0.15) is 162 Å². The summed E-state index contributed by atoms with van der Waals surface area (Å²) in [4.78, 5) is 12.5. The predicted molar refractivity (Wildman–Crippen MR) is 185 cm³/mol. The van der Waals surface area contributed by atoms with Crippen LogP contribution in [0.25, 0.3) is 0 Å². The molecule has 0 spiro atoms. The van der Waals surface area contributed by atoms with Crippen LogP contribution in [0.5, 0.6) is 0 Å². The standard InChI is InChI=1S/C36H67NO6S/c1-3-5-7-9-11-13-15-17-18-19-21-23-25-27-29-31-35(39)36(40)37-33(32-44(41,42)43)34(38)30-28-26-24-22-20-16-14-12-10-8-6-4-2/h10,12,20,22,28,30,33-35,38-39H,3-9,11,13-19,21,23-27,29,31-32H2,1-2H3,(H,37,40)(H,41,42,43)/b12-10+,22-20+,30-28+. The lowest BCUT2D eigenvalue weighted by Gasteiger charge is -2.22. The van der Waals surface area contributed by atoms with E-state index in [0.29, 0.717) is 12.8 Å². The molecule has 1 amide bonds. The normalized spacial score (nSPS) is 14.6. The van der Waals surface area contributed by atoms with Gasteiger partial charge < -0.3 is 15.5 Å². The maximum atomic E-state index is 12.5. The van der Waals surface area contributed by atoms with E-state index >= 15 is 0 Å². The summed E-state index contributed by atoms with van der Waals surface area (Å²) in [5, 5.41) is 23.2. The van der Waals surface area contributed by atoms with Crippen LogP contribution in [-0.4, -0.2) is 53.1 Å². The van der Waals surface area contributed by atoms with E-state index in [1.54, 1.807) is 6.08 Å². The average molecular weight is 642 g/mol. The van der Waals surface area contributed by atoms with Crippen molar-refractivity contribution in [1.82, 2.24) is 5.32 Å². The second-order valence-corrected chi connectivity index (χ2v) is 13.8. The minimum atomic E-state index is -4.45. The molecule has 0 aliphatic carbocycles. The largest absolute Gasteiger partial charge is 0.387 e. The molecule has 0 saturated heterocycles. The lowest BCUT2D eigenvalue weighted by atomic mass is 10.0. The molecule has 0 fully saturated rings. The summed E-state index contributed by atoms with van der Waals surface area (Å²) in [7, 11) is -4.45. The lowest BCUT2D eigenvalue weighted by molar-refractivity contribution is -0.130. The second-order valence-electron chi connectivity index (χ2n) is 12.3. The fourth-order valence-electron chi connectivity index (χ4n) is 5.12. The van der Waals surface area contributed by atoms with E-state index in [0.717, 1.165) is 44.9 Å². The molecule has 4 N–H and O–H groups in total. The minimum absolute atomic E-state index is 0.273. The van der Waals surface area contributed by atoms with E-state index in [1.165, 1.54) is 89.5 Å². The highest BCUT2D eigenvalue weighted by atomic mass is 32.2. The van der Waals surface area contributed by atoms with Crippen molar-refractivity contribution in [3.05, 3.63) is 36.5 Å². The van der Waals surface area contributed by atoms with Crippen LogP contribution in [0.2, 0.25) is 0 Å². The molecule has 0 aromatic carbocycles. The number of carbonyl (C=O) groups excluding carboxylic acids is 1. The fraction of sp³-hybridized carbons (Fsp3) is 0.806. The van der Waals surface area contributed by atoms with Gasteiger partial charge in [0, 0.05) is 0 Å². The SMILES string of the molecule is CCCC/C=C/CC/C=C/CC/C=C/C(O)C(CS(=O)(=O)O)NC(=O)C(O)CCCCCCCCCCCCCCCCC. The molecule has 0 aromatic heterocycles. The Morgan fingerprint density at radius 3 is 1.48 bits per heavy atom. The van der Waals surface area contributed by atoms with Crippen LogP contribution in [0, 0.1) is 0 Å². The van der Waals surface area contributed by atoms with Crippen LogP contribution in [0.15, 0.2) is 36.5 Å². The maximum Gasteiger partial charge on any atom is 0.267 e. The molecule has 0 aliphatic heterocycles. The van der Waals surface area contributed by atoms with Crippen molar-refractivity contribution in [2.75, 3.05) is 5.75 Å². The smallest absolute Gasteiger partial charge is 0.267 e. The van der Waals surface area contributed by atoms with Gasteiger partial charge in [0.2, 0.25) is 5.91 Å². The summed E-state index contributed by atoms with van der Waals surface area (Å²) in [6.07, 6.45) is 34.9. The molecule has 0 aliphatic rings. The Hall–Kier alpha value is -1.48. The van der Waals surface area contributed by atoms with Crippen molar-refractivity contribution in [3.63, 3.8) is 0 Å². The van der Waals surface area contributed by atoms with Gasteiger partial charge in [0.15, 0.2) is 0 Å². The Kier molecular flexibility index (Phi) is 29.2. The van der Waals surface area contributed by atoms with E-state index in [2.05, 4.69) is 43.5 Å². The molecule has 0 heterocycles. The predicted octanol–water partition coefficient (Wildman–Crippen LogP) is 8.76. The average Bonchev–Trinajstić information content (AvgIpc) is 2.98. The summed E-state index contributed by atoms with van der Waals surface area (Å²) in [5.41, 5.74) is 0. The number of unbranched alkanes of at least 4 members (excludes halogenated alkanes) is 18. The van der Waals surface area contributed by atoms with E-state index in [9.17, 15) is 28.0 Å². The van der Waals surface area contributed by atoms with E-state index in [-0.39, 0.29) is 6.42 Å². The number of allylic oxidation sites excluding steroid dienone is 5. The first-order valence-corrected chi connectivity index (χ1v) is 19.4. The van der Waals surface area contributed by atoms with Gasteiger partial charge in [-0.3, -0.25) is 9.35 Å². The van der Waals surface area contributed by atoms with E-state index < -0.39 is 40.0 Å². The lowest BCUT2D eigenvalue weighted by Crippen LogP contribution is -2.50. The Morgan fingerprint density at radius 2 is 1.02 bits per heavy atom. The number of aliphatic hydroxyl groups is 2. The molecule has 0 bridgehead atoms. The zero-order valence-electron chi connectivity index (χ0n) is 28.1.